The highest BCUT2D eigenvalue weighted by Crippen LogP contribution is 2.41. The van der Waals surface area contributed by atoms with Crippen molar-refractivity contribution >= 4 is 5.97 Å². The van der Waals surface area contributed by atoms with Gasteiger partial charge >= 0.3 is 5.97 Å². The summed E-state index contributed by atoms with van der Waals surface area (Å²) in [6.07, 6.45) is 3.56. The number of hydrogen-bond donors (Lipinski definition) is 1. The third-order valence-electron chi connectivity index (χ3n) is 5.68. The number of hydrogen-bond acceptors (Lipinski definition) is 4. The molecule has 1 aromatic heterocycles. The van der Waals surface area contributed by atoms with Crippen molar-refractivity contribution < 1.29 is 14.6 Å². The fourth-order valence-electron chi connectivity index (χ4n) is 4.22. The zero-order valence-electron chi connectivity index (χ0n) is 18.0. The number of benzene rings is 3. The largest absolute Gasteiger partial charge is 0.465 e. The lowest BCUT2D eigenvalue weighted by Gasteiger charge is -2.37. The van der Waals surface area contributed by atoms with Crippen LogP contribution >= 0.6 is 0 Å². The first-order valence-corrected chi connectivity index (χ1v) is 10.7. The van der Waals surface area contributed by atoms with Gasteiger partial charge in [0.15, 0.2) is 0 Å². The highest BCUT2D eigenvalue weighted by atomic mass is 16.5. The predicted octanol–water partition coefficient (Wildman–Crippen LogP) is 4.36. The highest BCUT2D eigenvalue weighted by molar-refractivity contribution is 5.77. The van der Waals surface area contributed by atoms with Gasteiger partial charge < -0.3 is 14.4 Å². The van der Waals surface area contributed by atoms with E-state index in [9.17, 15) is 9.90 Å². The first-order valence-electron chi connectivity index (χ1n) is 10.7. The van der Waals surface area contributed by atoms with Crippen molar-refractivity contribution in [1.82, 2.24) is 9.55 Å². The SMILES string of the molecule is CCOC(=O)C(CO)c1cn(C(c2ccccc2)(c2ccccc2)c2ccccc2)cn1. The Morgan fingerprint density at radius 2 is 1.38 bits per heavy atom. The van der Waals surface area contributed by atoms with Gasteiger partial charge in [-0.05, 0) is 23.6 Å². The van der Waals surface area contributed by atoms with Gasteiger partial charge in [0.2, 0.25) is 0 Å². The lowest BCUT2D eigenvalue weighted by atomic mass is 9.76. The van der Waals surface area contributed by atoms with Crippen LogP contribution in [-0.4, -0.2) is 33.8 Å². The molecule has 4 rings (SSSR count). The highest BCUT2D eigenvalue weighted by Gasteiger charge is 2.39. The topological polar surface area (TPSA) is 64.3 Å². The predicted molar refractivity (Wildman–Crippen MR) is 123 cm³/mol. The van der Waals surface area contributed by atoms with E-state index >= 15 is 0 Å². The van der Waals surface area contributed by atoms with Crippen LogP contribution < -0.4 is 0 Å². The molecule has 162 valence electrons. The van der Waals surface area contributed by atoms with Gasteiger partial charge in [-0.15, -0.1) is 0 Å². The van der Waals surface area contributed by atoms with Crippen LogP contribution in [-0.2, 0) is 15.1 Å². The van der Waals surface area contributed by atoms with Crippen LogP contribution in [0.4, 0.5) is 0 Å². The van der Waals surface area contributed by atoms with Crippen molar-refractivity contribution in [3.8, 4) is 0 Å². The zero-order valence-corrected chi connectivity index (χ0v) is 18.0. The van der Waals surface area contributed by atoms with Crippen LogP contribution in [0.3, 0.4) is 0 Å². The van der Waals surface area contributed by atoms with Crippen LogP contribution in [0.2, 0.25) is 0 Å². The molecule has 1 unspecified atom stereocenters. The second-order valence-corrected chi connectivity index (χ2v) is 7.50. The van der Waals surface area contributed by atoms with Crippen molar-refractivity contribution in [3.63, 3.8) is 0 Å². The molecule has 0 aliphatic heterocycles. The molecule has 0 aliphatic rings. The zero-order chi connectivity index (χ0) is 22.4. The average molecular weight is 427 g/mol. The summed E-state index contributed by atoms with van der Waals surface area (Å²) in [4.78, 5) is 16.9. The number of rotatable bonds is 8. The summed E-state index contributed by atoms with van der Waals surface area (Å²) in [6.45, 7) is 1.62. The molecule has 32 heavy (non-hydrogen) atoms. The summed E-state index contributed by atoms with van der Waals surface area (Å²) in [6, 6.07) is 30.6. The molecule has 0 spiro atoms. The van der Waals surface area contributed by atoms with Gasteiger partial charge in [0.05, 0.1) is 25.2 Å². The third-order valence-corrected chi connectivity index (χ3v) is 5.68. The van der Waals surface area contributed by atoms with E-state index in [4.69, 9.17) is 4.74 Å². The monoisotopic (exact) mass is 426 g/mol. The Balaban J connectivity index is 1.97. The van der Waals surface area contributed by atoms with Gasteiger partial charge in [0.1, 0.15) is 11.5 Å². The molecule has 0 bridgehead atoms. The third kappa shape index (κ3) is 3.83. The van der Waals surface area contributed by atoms with Crippen molar-refractivity contribution in [2.75, 3.05) is 13.2 Å². The normalized spacial score (nSPS) is 12.3. The molecule has 1 N–H and O–H groups in total. The smallest absolute Gasteiger partial charge is 0.317 e. The lowest BCUT2D eigenvalue weighted by molar-refractivity contribution is -0.146. The van der Waals surface area contributed by atoms with Crippen molar-refractivity contribution in [1.29, 1.82) is 0 Å². The number of aliphatic hydroxyl groups is 1. The Kier molecular flexibility index (Phi) is 6.47. The molecular weight excluding hydrogens is 400 g/mol. The summed E-state index contributed by atoms with van der Waals surface area (Å²) < 4.78 is 7.17. The Bertz CT molecular complexity index is 1040. The number of aliphatic hydroxyl groups excluding tert-OH is 1. The number of carbonyl (C=O) groups excluding carboxylic acids is 1. The van der Waals surface area contributed by atoms with E-state index in [0.717, 1.165) is 16.7 Å². The number of aromatic nitrogens is 2. The molecule has 1 heterocycles. The minimum absolute atomic E-state index is 0.248. The summed E-state index contributed by atoms with van der Waals surface area (Å²) in [7, 11) is 0. The molecule has 0 saturated heterocycles. The fourth-order valence-corrected chi connectivity index (χ4v) is 4.22. The van der Waals surface area contributed by atoms with Crippen molar-refractivity contribution in [2.24, 2.45) is 0 Å². The number of carbonyl (C=O) groups is 1. The summed E-state index contributed by atoms with van der Waals surface area (Å²) in [5, 5.41) is 9.89. The quantitative estimate of drug-likeness (QED) is 0.336. The second kappa shape index (κ2) is 9.62. The van der Waals surface area contributed by atoms with E-state index in [1.807, 2.05) is 65.4 Å². The van der Waals surface area contributed by atoms with Crippen LogP contribution in [0.5, 0.6) is 0 Å². The number of imidazole rings is 1. The number of ether oxygens (including phenoxy) is 1. The van der Waals surface area contributed by atoms with E-state index in [2.05, 4.69) is 41.4 Å². The van der Waals surface area contributed by atoms with Gasteiger partial charge in [0, 0.05) is 6.20 Å². The first kappa shape index (κ1) is 21.5. The van der Waals surface area contributed by atoms with Gasteiger partial charge in [-0.25, -0.2) is 4.98 Å². The molecule has 1 atom stereocenters. The maximum absolute atomic E-state index is 12.4. The minimum Gasteiger partial charge on any atom is -0.465 e. The lowest BCUT2D eigenvalue weighted by Crippen LogP contribution is -2.37. The van der Waals surface area contributed by atoms with Gasteiger partial charge in [0.25, 0.3) is 0 Å². The van der Waals surface area contributed by atoms with E-state index in [1.54, 1.807) is 13.3 Å². The Labute approximate surface area is 188 Å². The molecule has 3 aromatic carbocycles. The Hall–Kier alpha value is -3.70. The summed E-state index contributed by atoms with van der Waals surface area (Å²) in [5.74, 6) is -1.32. The van der Waals surface area contributed by atoms with Crippen molar-refractivity contribution in [3.05, 3.63) is 126 Å². The van der Waals surface area contributed by atoms with Crippen LogP contribution in [0, 0.1) is 0 Å². The second-order valence-electron chi connectivity index (χ2n) is 7.50. The molecule has 4 aromatic rings. The van der Waals surface area contributed by atoms with E-state index in [0.29, 0.717) is 5.69 Å². The van der Waals surface area contributed by atoms with Gasteiger partial charge in [-0.3, -0.25) is 4.79 Å². The maximum Gasteiger partial charge on any atom is 0.317 e. The summed E-state index contributed by atoms with van der Waals surface area (Å²) in [5.41, 5.74) is 2.91. The Morgan fingerprint density at radius 3 is 1.78 bits per heavy atom. The van der Waals surface area contributed by atoms with E-state index < -0.39 is 17.4 Å². The number of nitrogens with zero attached hydrogens (tertiary/aromatic N) is 2. The molecule has 5 heteroatoms. The molecular formula is C27H26N2O3. The minimum atomic E-state index is -0.837. The molecule has 0 aliphatic carbocycles. The molecule has 5 nitrogen and oxygen atoms in total. The van der Waals surface area contributed by atoms with Crippen molar-refractivity contribution in [2.45, 2.75) is 18.4 Å². The standard InChI is InChI=1S/C27H26N2O3/c1-2-32-26(31)24(19-30)25-18-29(20-28-25)27(21-12-6-3-7-13-21,22-14-8-4-9-15-22)23-16-10-5-11-17-23/h3-18,20,24,30H,2,19H2,1H3. The first-order chi connectivity index (χ1) is 15.7. The van der Waals surface area contributed by atoms with Gasteiger partial charge in [-0.2, -0.15) is 0 Å². The van der Waals surface area contributed by atoms with Gasteiger partial charge in [-0.1, -0.05) is 91.0 Å². The van der Waals surface area contributed by atoms with E-state index in [-0.39, 0.29) is 13.2 Å². The van der Waals surface area contributed by atoms with Crippen LogP contribution in [0.25, 0.3) is 0 Å². The van der Waals surface area contributed by atoms with Crippen LogP contribution in [0.15, 0.2) is 104 Å². The molecule has 0 amide bonds. The fraction of sp³-hybridized carbons (Fsp3) is 0.185. The Morgan fingerprint density at radius 1 is 0.906 bits per heavy atom. The van der Waals surface area contributed by atoms with Crippen LogP contribution in [0.1, 0.15) is 35.2 Å². The van der Waals surface area contributed by atoms with E-state index in [1.165, 1.54) is 0 Å². The summed E-state index contributed by atoms with van der Waals surface area (Å²) >= 11 is 0. The average Bonchev–Trinajstić information content (AvgIpc) is 3.32. The molecule has 0 radical (unpaired) electrons. The molecule has 0 fully saturated rings. The number of esters is 1. The maximum atomic E-state index is 12.4. The molecule has 0 saturated carbocycles.